The Balaban J connectivity index is 2.69. The number of nitro groups is 1. The van der Waals surface area contributed by atoms with Gasteiger partial charge in [-0.25, -0.2) is 4.79 Å². The standard InChI is InChI=1S/C10H14N4O3/c1-7-3-2-4-8(14(16)17)9(7)12-5-6-13-10(11)15/h2-4,12H,5-6H2,1H3,(H3,11,13,15). The number of rotatable bonds is 5. The predicted molar refractivity (Wildman–Crippen MR) is 63.9 cm³/mol. The molecule has 0 saturated carbocycles. The number of anilines is 1. The highest BCUT2D eigenvalue weighted by atomic mass is 16.6. The van der Waals surface area contributed by atoms with E-state index in [0.29, 0.717) is 18.8 Å². The van der Waals surface area contributed by atoms with Crippen molar-refractivity contribution in [3.63, 3.8) is 0 Å². The van der Waals surface area contributed by atoms with Crippen LogP contribution < -0.4 is 16.4 Å². The van der Waals surface area contributed by atoms with Crippen LogP contribution in [0.25, 0.3) is 0 Å². The van der Waals surface area contributed by atoms with Gasteiger partial charge in [-0.1, -0.05) is 12.1 Å². The van der Waals surface area contributed by atoms with Crippen molar-refractivity contribution < 1.29 is 9.72 Å². The molecular weight excluding hydrogens is 224 g/mol. The fourth-order valence-corrected chi connectivity index (χ4v) is 1.41. The first-order valence-electron chi connectivity index (χ1n) is 5.03. The summed E-state index contributed by atoms with van der Waals surface area (Å²) in [6.07, 6.45) is 0. The number of carbonyl (C=O) groups excluding carboxylic acids is 1. The molecule has 4 N–H and O–H groups in total. The Bertz CT molecular complexity index is 434. The topological polar surface area (TPSA) is 110 Å². The predicted octanol–water partition coefficient (Wildman–Crippen LogP) is 0.983. The van der Waals surface area contributed by atoms with Crippen LogP contribution in [0.2, 0.25) is 0 Å². The van der Waals surface area contributed by atoms with Gasteiger partial charge in [0.25, 0.3) is 5.69 Å². The quantitative estimate of drug-likeness (QED) is 0.403. The Hall–Kier alpha value is -2.31. The van der Waals surface area contributed by atoms with Crippen LogP contribution in [0.3, 0.4) is 0 Å². The number of nitrogens with zero attached hydrogens (tertiary/aromatic N) is 1. The van der Waals surface area contributed by atoms with Gasteiger partial charge in [0, 0.05) is 19.2 Å². The molecule has 7 heteroatoms. The summed E-state index contributed by atoms with van der Waals surface area (Å²) in [5.41, 5.74) is 6.15. The maximum atomic E-state index is 10.8. The Morgan fingerprint density at radius 1 is 1.47 bits per heavy atom. The summed E-state index contributed by atoms with van der Waals surface area (Å²) in [6.45, 7) is 2.45. The lowest BCUT2D eigenvalue weighted by molar-refractivity contribution is -0.384. The average Bonchev–Trinajstić information content (AvgIpc) is 2.25. The first-order chi connectivity index (χ1) is 8.02. The molecule has 0 aliphatic rings. The van der Waals surface area contributed by atoms with Gasteiger partial charge in [-0.2, -0.15) is 0 Å². The molecule has 0 aromatic heterocycles. The molecule has 1 rings (SSSR count). The van der Waals surface area contributed by atoms with E-state index in [4.69, 9.17) is 5.73 Å². The van der Waals surface area contributed by atoms with Crippen LogP contribution in [0.15, 0.2) is 18.2 Å². The summed E-state index contributed by atoms with van der Waals surface area (Å²) >= 11 is 0. The van der Waals surface area contributed by atoms with Crippen LogP contribution in [0, 0.1) is 17.0 Å². The maximum absolute atomic E-state index is 10.8. The SMILES string of the molecule is Cc1cccc([N+](=O)[O-])c1NCCNC(N)=O. The lowest BCUT2D eigenvalue weighted by atomic mass is 10.1. The molecule has 0 aliphatic carbocycles. The van der Waals surface area contributed by atoms with E-state index in [1.54, 1.807) is 19.1 Å². The van der Waals surface area contributed by atoms with E-state index in [2.05, 4.69) is 10.6 Å². The van der Waals surface area contributed by atoms with E-state index >= 15 is 0 Å². The van der Waals surface area contributed by atoms with Crippen molar-refractivity contribution in [1.82, 2.24) is 5.32 Å². The van der Waals surface area contributed by atoms with Crippen molar-refractivity contribution in [3.8, 4) is 0 Å². The van der Waals surface area contributed by atoms with Crippen molar-refractivity contribution in [1.29, 1.82) is 0 Å². The Morgan fingerprint density at radius 2 is 2.18 bits per heavy atom. The summed E-state index contributed by atoms with van der Waals surface area (Å²) in [4.78, 5) is 20.8. The van der Waals surface area contributed by atoms with Crippen LogP contribution in [-0.4, -0.2) is 24.0 Å². The largest absolute Gasteiger partial charge is 0.378 e. The molecule has 0 heterocycles. The number of benzene rings is 1. The highest BCUT2D eigenvalue weighted by Gasteiger charge is 2.14. The van der Waals surface area contributed by atoms with Crippen molar-refractivity contribution in [2.45, 2.75) is 6.92 Å². The molecule has 1 aromatic carbocycles. The van der Waals surface area contributed by atoms with Gasteiger partial charge in [0.1, 0.15) is 5.69 Å². The summed E-state index contributed by atoms with van der Waals surface area (Å²) in [6, 6.07) is 4.21. The minimum absolute atomic E-state index is 0.0177. The molecule has 0 saturated heterocycles. The third kappa shape index (κ3) is 3.63. The van der Waals surface area contributed by atoms with Crippen LogP contribution in [0.4, 0.5) is 16.2 Å². The molecule has 7 nitrogen and oxygen atoms in total. The summed E-state index contributed by atoms with van der Waals surface area (Å²) in [7, 11) is 0. The van der Waals surface area contributed by atoms with E-state index in [-0.39, 0.29) is 5.69 Å². The maximum Gasteiger partial charge on any atom is 0.312 e. The molecule has 0 radical (unpaired) electrons. The first-order valence-corrected chi connectivity index (χ1v) is 5.03. The number of primary amides is 1. The lowest BCUT2D eigenvalue weighted by Crippen LogP contribution is -2.33. The summed E-state index contributed by atoms with van der Waals surface area (Å²) < 4.78 is 0. The van der Waals surface area contributed by atoms with Crippen LogP contribution in [0.1, 0.15) is 5.56 Å². The van der Waals surface area contributed by atoms with Crippen molar-refractivity contribution in [3.05, 3.63) is 33.9 Å². The molecule has 0 unspecified atom stereocenters. The molecular formula is C10H14N4O3. The number of nitrogens with one attached hydrogen (secondary N) is 2. The number of nitrogens with two attached hydrogens (primary N) is 1. The van der Waals surface area contributed by atoms with Gasteiger partial charge in [-0.05, 0) is 12.5 Å². The van der Waals surface area contributed by atoms with Crippen molar-refractivity contribution >= 4 is 17.4 Å². The minimum Gasteiger partial charge on any atom is -0.378 e. The number of para-hydroxylation sites is 1. The van der Waals surface area contributed by atoms with Gasteiger partial charge in [0.15, 0.2) is 0 Å². The molecule has 0 atom stereocenters. The van der Waals surface area contributed by atoms with Gasteiger partial charge < -0.3 is 16.4 Å². The van der Waals surface area contributed by atoms with Gasteiger partial charge in [0.2, 0.25) is 0 Å². The molecule has 1 aromatic rings. The summed E-state index contributed by atoms with van der Waals surface area (Å²) in [5, 5.41) is 16.1. The monoisotopic (exact) mass is 238 g/mol. The minimum atomic E-state index is -0.619. The highest BCUT2D eigenvalue weighted by molar-refractivity contribution is 5.71. The Morgan fingerprint density at radius 3 is 2.76 bits per heavy atom. The molecule has 2 amide bonds. The van der Waals surface area contributed by atoms with E-state index < -0.39 is 11.0 Å². The first kappa shape index (κ1) is 12.8. The van der Waals surface area contributed by atoms with Crippen LogP contribution in [-0.2, 0) is 0 Å². The third-order valence-electron chi connectivity index (χ3n) is 2.17. The highest BCUT2D eigenvalue weighted by Crippen LogP contribution is 2.27. The second-order valence-electron chi connectivity index (χ2n) is 3.44. The number of hydrogen-bond donors (Lipinski definition) is 3. The van der Waals surface area contributed by atoms with Gasteiger partial charge in [-0.3, -0.25) is 10.1 Å². The fraction of sp³-hybridized carbons (Fsp3) is 0.300. The number of amides is 2. The van der Waals surface area contributed by atoms with Crippen molar-refractivity contribution in [2.75, 3.05) is 18.4 Å². The third-order valence-corrected chi connectivity index (χ3v) is 2.17. The zero-order valence-electron chi connectivity index (χ0n) is 9.40. The fourth-order valence-electron chi connectivity index (χ4n) is 1.41. The second kappa shape index (κ2) is 5.69. The number of aryl methyl sites for hydroxylation is 1. The van der Waals surface area contributed by atoms with Crippen LogP contribution in [0.5, 0.6) is 0 Å². The number of carbonyl (C=O) groups is 1. The molecule has 0 spiro atoms. The van der Waals surface area contributed by atoms with E-state index in [0.717, 1.165) is 5.56 Å². The van der Waals surface area contributed by atoms with Gasteiger partial charge in [-0.15, -0.1) is 0 Å². The van der Waals surface area contributed by atoms with Gasteiger partial charge >= 0.3 is 6.03 Å². The molecule has 0 fully saturated rings. The molecule has 92 valence electrons. The zero-order chi connectivity index (χ0) is 12.8. The lowest BCUT2D eigenvalue weighted by Gasteiger charge is -2.09. The smallest absolute Gasteiger partial charge is 0.312 e. The zero-order valence-corrected chi connectivity index (χ0v) is 9.40. The molecule has 0 aliphatic heterocycles. The van der Waals surface area contributed by atoms with E-state index in [9.17, 15) is 14.9 Å². The van der Waals surface area contributed by atoms with E-state index in [1.807, 2.05) is 0 Å². The summed E-state index contributed by atoms with van der Waals surface area (Å²) in [5.74, 6) is 0. The van der Waals surface area contributed by atoms with Gasteiger partial charge in [0.05, 0.1) is 4.92 Å². The number of urea groups is 1. The Kier molecular flexibility index (Phi) is 4.27. The van der Waals surface area contributed by atoms with Crippen molar-refractivity contribution in [2.24, 2.45) is 5.73 Å². The second-order valence-corrected chi connectivity index (χ2v) is 3.44. The Labute approximate surface area is 98.1 Å². The number of hydrogen-bond acceptors (Lipinski definition) is 4. The van der Waals surface area contributed by atoms with E-state index in [1.165, 1.54) is 6.07 Å². The number of nitro benzene ring substituents is 1. The molecule has 17 heavy (non-hydrogen) atoms. The van der Waals surface area contributed by atoms with Crippen LogP contribution >= 0.6 is 0 Å². The molecule has 0 bridgehead atoms. The normalized spacial score (nSPS) is 9.71. The average molecular weight is 238 g/mol.